The number of hydrogen-bond acceptors (Lipinski definition) is 3. The van der Waals surface area contributed by atoms with Crippen LogP contribution in [0.25, 0.3) is 0 Å². The maximum atomic E-state index is 13.6. The van der Waals surface area contributed by atoms with Crippen LogP contribution < -0.4 is 10.1 Å². The fraction of sp³-hybridized carbons (Fsp3) is 0.429. The van der Waals surface area contributed by atoms with Gasteiger partial charge in [0.25, 0.3) is 0 Å². The summed E-state index contributed by atoms with van der Waals surface area (Å²) in [5.41, 5.74) is -0.911. The van der Waals surface area contributed by atoms with E-state index < -0.39 is 23.1 Å². The number of carboxylic acids is 1. The minimum absolute atomic E-state index is 0.108. The Morgan fingerprint density at radius 1 is 1.40 bits per heavy atom. The van der Waals surface area contributed by atoms with Crippen molar-refractivity contribution in [2.24, 2.45) is 5.41 Å². The summed E-state index contributed by atoms with van der Waals surface area (Å²) in [4.78, 5) is 22.6. The van der Waals surface area contributed by atoms with E-state index in [1.165, 1.54) is 26.0 Å². The molecule has 2 N–H and O–H groups in total. The predicted molar refractivity (Wildman–Crippen MR) is 72.2 cm³/mol. The molecule has 110 valence electrons. The average molecular weight is 283 g/mol. The van der Waals surface area contributed by atoms with Crippen LogP contribution in [0, 0.1) is 11.2 Å². The van der Waals surface area contributed by atoms with E-state index in [4.69, 9.17) is 9.84 Å². The van der Waals surface area contributed by atoms with Crippen LogP contribution in [0.5, 0.6) is 5.75 Å². The minimum Gasteiger partial charge on any atom is -0.491 e. The highest BCUT2D eigenvalue weighted by molar-refractivity contribution is 5.94. The number of carbonyl (C=O) groups excluding carboxylic acids is 1. The maximum Gasteiger partial charge on any atom is 0.309 e. The normalized spacial score (nSPS) is 11.0. The number of anilines is 1. The van der Waals surface area contributed by atoms with Gasteiger partial charge in [0.1, 0.15) is 0 Å². The van der Waals surface area contributed by atoms with Crippen LogP contribution in [0.3, 0.4) is 0 Å². The summed E-state index contributed by atoms with van der Waals surface area (Å²) < 4.78 is 18.6. The third-order valence-corrected chi connectivity index (χ3v) is 2.70. The summed E-state index contributed by atoms with van der Waals surface area (Å²) in [6.07, 6.45) is -0.197. The third kappa shape index (κ3) is 4.22. The van der Waals surface area contributed by atoms with Gasteiger partial charge in [-0.05, 0) is 32.9 Å². The van der Waals surface area contributed by atoms with Crippen LogP contribution in [-0.2, 0) is 9.59 Å². The Kier molecular flexibility index (Phi) is 5.07. The van der Waals surface area contributed by atoms with Gasteiger partial charge in [-0.2, -0.15) is 0 Å². The van der Waals surface area contributed by atoms with Gasteiger partial charge in [0.15, 0.2) is 11.6 Å². The van der Waals surface area contributed by atoms with E-state index >= 15 is 0 Å². The number of hydrogen-bond donors (Lipinski definition) is 2. The van der Waals surface area contributed by atoms with Crippen molar-refractivity contribution in [1.29, 1.82) is 0 Å². The lowest BCUT2D eigenvalue weighted by molar-refractivity contribution is -0.148. The third-order valence-electron chi connectivity index (χ3n) is 2.70. The molecule has 0 unspecified atom stereocenters. The first-order chi connectivity index (χ1) is 9.26. The summed E-state index contributed by atoms with van der Waals surface area (Å²) in [5.74, 6) is -2.02. The van der Waals surface area contributed by atoms with E-state index in [0.717, 1.165) is 6.07 Å². The highest BCUT2D eigenvalue weighted by Crippen LogP contribution is 2.24. The first-order valence-electron chi connectivity index (χ1n) is 6.22. The second-order valence-electron chi connectivity index (χ2n) is 4.99. The Morgan fingerprint density at radius 3 is 2.55 bits per heavy atom. The van der Waals surface area contributed by atoms with Crippen molar-refractivity contribution < 1.29 is 23.8 Å². The smallest absolute Gasteiger partial charge is 0.309 e. The van der Waals surface area contributed by atoms with Gasteiger partial charge in [0.05, 0.1) is 12.0 Å². The molecule has 1 aromatic carbocycles. The summed E-state index contributed by atoms with van der Waals surface area (Å²) in [5, 5.41) is 11.4. The van der Waals surface area contributed by atoms with Gasteiger partial charge in [-0.25, -0.2) is 4.39 Å². The summed E-state index contributed by atoms with van der Waals surface area (Å²) in [6, 6.07) is 4.05. The summed E-state index contributed by atoms with van der Waals surface area (Å²) in [6.45, 7) is 4.99. The number of nitrogens with one attached hydrogen (secondary N) is 1. The first-order valence-corrected chi connectivity index (χ1v) is 6.22. The highest BCUT2D eigenvalue weighted by atomic mass is 19.1. The molecule has 0 aliphatic carbocycles. The van der Waals surface area contributed by atoms with Crippen molar-refractivity contribution in [1.82, 2.24) is 0 Å². The molecule has 5 nitrogen and oxygen atoms in total. The van der Waals surface area contributed by atoms with Gasteiger partial charge in [0.2, 0.25) is 5.91 Å². The molecule has 0 atom stereocenters. The number of amides is 1. The van der Waals surface area contributed by atoms with Gasteiger partial charge >= 0.3 is 5.97 Å². The van der Waals surface area contributed by atoms with Crippen LogP contribution >= 0.6 is 0 Å². The highest BCUT2D eigenvalue weighted by Gasteiger charge is 2.30. The van der Waals surface area contributed by atoms with Crippen molar-refractivity contribution in [3.8, 4) is 5.75 Å². The summed E-state index contributed by atoms with van der Waals surface area (Å²) in [7, 11) is 0. The van der Waals surface area contributed by atoms with E-state index in [2.05, 4.69) is 5.32 Å². The van der Waals surface area contributed by atoms with Crippen LogP contribution in [0.4, 0.5) is 10.1 Å². The largest absolute Gasteiger partial charge is 0.491 e. The zero-order chi connectivity index (χ0) is 15.3. The lowest BCUT2D eigenvalue weighted by Crippen LogP contribution is -2.29. The molecule has 0 spiro atoms. The number of ether oxygens (including phenoxy) is 1. The molecule has 0 saturated carbocycles. The molecular formula is C14H18FNO4. The van der Waals surface area contributed by atoms with Gasteiger partial charge in [0, 0.05) is 18.2 Å². The number of halogens is 1. The zero-order valence-electron chi connectivity index (χ0n) is 11.7. The standard InChI is InChI=1S/C14H18FNO4/c1-4-20-11-6-5-9(7-10(11)15)16-12(17)8-14(2,3)13(18)19/h5-7H,4,8H2,1-3H3,(H,16,17)(H,18,19). The average Bonchev–Trinajstić information content (AvgIpc) is 2.31. The van der Waals surface area contributed by atoms with Crippen LogP contribution in [0.1, 0.15) is 27.2 Å². The fourth-order valence-corrected chi connectivity index (χ4v) is 1.53. The van der Waals surface area contributed by atoms with Crippen LogP contribution in [0.2, 0.25) is 0 Å². The zero-order valence-corrected chi connectivity index (χ0v) is 11.7. The van der Waals surface area contributed by atoms with Crippen molar-refractivity contribution in [3.63, 3.8) is 0 Å². The molecule has 1 rings (SSSR count). The van der Waals surface area contributed by atoms with Gasteiger partial charge in [-0.1, -0.05) is 0 Å². The van der Waals surface area contributed by atoms with E-state index in [9.17, 15) is 14.0 Å². The number of carbonyl (C=O) groups is 2. The molecule has 6 heteroatoms. The van der Waals surface area contributed by atoms with Crippen molar-refractivity contribution in [2.75, 3.05) is 11.9 Å². The molecular weight excluding hydrogens is 265 g/mol. The topological polar surface area (TPSA) is 75.6 Å². The Hall–Kier alpha value is -2.11. The van der Waals surface area contributed by atoms with E-state index in [-0.39, 0.29) is 17.9 Å². The second-order valence-corrected chi connectivity index (χ2v) is 4.99. The Bertz CT molecular complexity index is 514. The second kappa shape index (κ2) is 6.36. The Labute approximate surface area is 116 Å². The van der Waals surface area contributed by atoms with Crippen LogP contribution in [-0.4, -0.2) is 23.6 Å². The molecule has 0 bridgehead atoms. The lowest BCUT2D eigenvalue weighted by atomic mass is 9.89. The molecule has 0 aromatic heterocycles. The molecule has 0 aliphatic heterocycles. The Balaban J connectivity index is 2.72. The Morgan fingerprint density at radius 2 is 2.05 bits per heavy atom. The number of aliphatic carboxylic acids is 1. The van der Waals surface area contributed by atoms with Gasteiger partial charge in [-0.3, -0.25) is 9.59 Å². The number of rotatable bonds is 6. The lowest BCUT2D eigenvalue weighted by Gasteiger charge is -2.18. The molecule has 0 saturated heterocycles. The van der Waals surface area contributed by atoms with Gasteiger partial charge < -0.3 is 15.2 Å². The van der Waals surface area contributed by atoms with Gasteiger partial charge in [-0.15, -0.1) is 0 Å². The predicted octanol–water partition coefficient (Wildman–Crippen LogP) is 2.66. The first kappa shape index (κ1) is 15.9. The number of benzene rings is 1. The quantitative estimate of drug-likeness (QED) is 0.841. The molecule has 0 aliphatic rings. The fourth-order valence-electron chi connectivity index (χ4n) is 1.53. The molecule has 20 heavy (non-hydrogen) atoms. The monoisotopic (exact) mass is 283 g/mol. The molecule has 0 radical (unpaired) electrons. The minimum atomic E-state index is -1.17. The molecule has 1 aromatic rings. The molecule has 0 fully saturated rings. The summed E-state index contributed by atoms with van der Waals surface area (Å²) >= 11 is 0. The van der Waals surface area contributed by atoms with Crippen molar-refractivity contribution >= 4 is 17.6 Å². The van der Waals surface area contributed by atoms with E-state index in [1.807, 2.05) is 0 Å². The van der Waals surface area contributed by atoms with E-state index in [0.29, 0.717) is 6.61 Å². The maximum absolute atomic E-state index is 13.6. The van der Waals surface area contributed by atoms with Crippen molar-refractivity contribution in [3.05, 3.63) is 24.0 Å². The molecule has 1 amide bonds. The molecule has 0 heterocycles. The number of carboxylic acid groups (broad SMARTS) is 1. The van der Waals surface area contributed by atoms with E-state index in [1.54, 1.807) is 6.92 Å². The van der Waals surface area contributed by atoms with Crippen LogP contribution in [0.15, 0.2) is 18.2 Å². The van der Waals surface area contributed by atoms with Crippen molar-refractivity contribution in [2.45, 2.75) is 27.2 Å². The SMILES string of the molecule is CCOc1ccc(NC(=O)CC(C)(C)C(=O)O)cc1F.